The van der Waals surface area contributed by atoms with Crippen LogP contribution in [0.25, 0.3) is 10.9 Å². The third-order valence-corrected chi connectivity index (χ3v) is 6.04. The van der Waals surface area contributed by atoms with Gasteiger partial charge in [-0.1, -0.05) is 68.1 Å². The van der Waals surface area contributed by atoms with E-state index in [0.29, 0.717) is 0 Å². The highest BCUT2D eigenvalue weighted by atomic mass is 14.9. The lowest BCUT2D eigenvalue weighted by Crippen LogP contribution is -2.35. The van der Waals surface area contributed by atoms with Gasteiger partial charge in [-0.15, -0.1) is 0 Å². The minimum absolute atomic E-state index is 0.0891. The van der Waals surface area contributed by atoms with Crippen LogP contribution in [0.15, 0.2) is 65.8 Å². The van der Waals surface area contributed by atoms with Crippen LogP contribution in [0.1, 0.15) is 55.2 Å². The Hall–Kier alpha value is -2.48. The van der Waals surface area contributed by atoms with Crippen molar-refractivity contribution < 1.29 is 0 Å². The summed E-state index contributed by atoms with van der Waals surface area (Å²) >= 11 is 0. The number of hydrogen-bond donors (Lipinski definition) is 0. The molecule has 0 saturated heterocycles. The molecule has 5 rings (SSSR count). The summed E-state index contributed by atoms with van der Waals surface area (Å²) in [7, 11) is 0. The SMILES string of the molecule is c1ccc2c(c1)CC1(CCCCCC1)N=C2c1cnc2ccccc2c1. The van der Waals surface area contributed by atoms with Crippen LogP contribution in [0.3, 0.4) is 0 Å². The Morgan fingerprint density at radius 2 is 1.58 bits per heavy atom. The van der Waals surface area contributed by atoms with E-state index in [9.17, 15) is 0 Å². The number of aliphatic imine (C=N–C) groups is 1. The van der Waals surface area contributed by atoms with Crippen LogP contribution in [0.5, 0.6) is 0 Å². The number of fused-ring (bicyclic) bond motifs is 2. The first-order chi connectivity index (χ1) is 12.8. The number of aromatic nitrogens is 1. The summed E-state index contributed by atoms with van der Waals surface area (Å²) in [5.41, 5.74) is 6.18. The average molecular weight is 340 g/mol. The van der Waals surface area contributed by atoms with Crippen molar-refractivity contribution in [2.45, 2.75) is 50.5 Å². The Balaban J connectivity index is 1.68. The highest BCUT2D eigenvalue weighted by Gasteiger charge is 2.35. The summed E-state index contributed by atoms with van der Waals surface area (Å²) in [6.45, 7) is 0. The first kappa shape index (κ1) is 15.7. The molecule has 0 radical (unpaired) electrons. The highest BCUT2D eigenvalue weighted by Crippen LogP contribution is 2.39. The molecule has 1 saturated carbocycles. The molecule has 2 heterocycles. The number of nitrogens with zero attached hydrogens (tertiary/aromatic N) is 2. The molecule has 2 aliphatic rings. The van der Waals surface area contributed by atoms with Crippen LogP contribution in [0, 0.1) is 0 Å². The molecular weight excluding hydrogens is 316 g/mol. The quantitative estimate of drug-likeness (QED) is 0.556. The van der Waals surface area contributed by atoms with E-state index in [4.69, 9.17) is 9.98 Å². The molecule has 26 heavy (non-hydrogen) atoms. The summed E-state index contributed by atoms with van der Waals surface area (Å²) < 4.78 is 0. The van der Waals surface area contributed by atoms with Gasteiger partial charge in [0, 0.05) is 22.7 Å². The normalized spacial score (nSPS) is 19.0. The largest absolute Gasteiger partial charge is 0.277 e. The fraction of sp³-hybridized carbons (Fsp3) is 0.333. The molecular formula is C24H24N2. The summed E-state index contributed by atoms with van der Waals surface area (Å²) in [5, 5.41) is 1.19. The third-order valence-electron chi connectivity index (χ3n) is 6.04. The smallest absolute Gasteiger partial charge is 0.0744 e. The van der Waals surface area contributed by atoms with Crippen LogP contribution < -0.4 is 0 Å². The van der Waals surface area contributed by atoms with E-state index in [1.807, 2.05) is 12.3 Å². The Kier molecular flexibility index (Phi) is 3.85. The predicted octanol–water partition coefficient (Wildman–Crippen LogP) is 5.72. The molecule has 0 N–H and O–H groups in total. The molecule has 1 spiro atoms. The zero-order valence-electron chi connectivity index (χ0n) is 15.1. The molecule has 3 aromatic rings. The lowest BCUT2D eigenvalue weighted by atomic mass is 9.78. The lowest BCUT2D eigenvalue weighted by Gasteiger charge is -2.35. The second kappa shape index (κ2) is 6.35. The van der Waals surface area contributed by atoms with Gasteiger partial charge in [-0.3, -0.25) is 9.98 Å². The summed E-state index contributed by atoms with van der Waals surface area (Å²) in [6.07, 6.45) is 10.8. The minimum atomic E-state index is 0.0891. The van der Waals surface area contributed by atoms with Gasteiger partial charge in [-0.25, -0.2) is 0 Å². The first-order valence-corrected chi connectivity index (χ1v) is 9.86. The van der Waals surface area contributed by atoms with E-state index in [1.54, 1.807) is 0 Å². The van der Waals surface area contributed by atoms with Crippen molar-refractivity contribution in [2.24, 2.45) is 4.99 Å². The molecule has 1 fully saturated rings. The summed E-state index contributed by atoms with van der Waals surface area (Å²) in [5.74, 6) is 0. The van der Waals surface area contributed by atoms with Crippen LogP contribution in [0.2, 0.25) is 0 Å². The molecule has 2 nitrogen and oxygen atoms in total. The van der Waals surface area contributed by atoms with Gasteiger partial charge in [-0.05, 0) is 37.0 Å². The maximum Gasteiger partial charge on any atom is 0.0744 e. The van der Waals surface area contributed by atoms with Gasteiger partial charge >= 0.3 is 0 Å². The molecule has 0 unspecified atom stereocenters. The van der Waals surface area contributed by atoms with E-state index < -0.39 is 0 Å². The Labute approximate surface area is 155 Å². The van der Waals surface area contributed by atoms with Crippen molar-refractivity contribution >= 4 is 16.6 Å². The van der Waals surface area contributed by atoms with Gasteiger partial charge in [0.15, 0.2) is 0 Å². The van der Waals surface area contributed by atoms with Crippen LogP contribution in [-0.4, -0.2) is 16.2 Å². The van der Waals surface area contributed by atoms with Crippen molar-refractivity contribution in [3.8, 4) is 0 Å². The van der Waals surface area contributed by atoms with Crippen molar-refractivity contribution in [1.29, 1.82) is 0 Å². The minimum Gasteiger partial charge on any atom is -0.277 e. The summed E-state index contributed by atoms with van der Waals surface area (Å²) in [4.78, 5) is 10.1. The Morgan fingerprint density at radius 1 is 0.808 bits per heavy atom. The number of para-hydroxylation sites is 1. The number of pyridine rings is 1. The second-order valence-corrected chi connectivity index (χ2v) is 7.85. The van der Waals surface area contributed by atoms with Gasteiger partial charge in [0.25, 0.3) is 0 Å². The van der Waals surface area contributed by atoms with E-state index in [2.05, 4.69) is 48.5 Å². The first-order valence-electron chi connectivity index (χ1n) is 9.86. The van der Waals surface area contributed by atoms with Crippen LogP contribution in [-0.2, 0) is 6.42 Å². The molecule has 0 amide bonds. The van der Waals surface area contributed by atoms with Crippen molar-refractivity contribution in [1.82, 2.24) is 4.98 Å². The van der Waals surface area contributed by atoms with E-state index in [1.165, 1.54) is 55.0 Å². The molecule has 1 aliphatic heterocycles. The molecule has 1 aliphatic carbocycles. The van der Waals surface area contributed by atoms with E-state index >= 15 is 0 Å². The van der Waals surface area contributed by atoms with Crippen molar-refractivity contribution in [3.05, 3.63) is 77.5 Å². The van der Waals surface area contributed by atoms with Crippen molar-refractivity contribution in [2.75, 3.05) is 0 Å². The maximum atomic E-state index is 5.43. The Bertz CT molecular complexity index is 978. The number of hydrogen-bond acceptors (Lipinski definition) is 2. The third kappa shape index (κ3) is 2.74. The molecule has 0 bridgehead atoms. The zero-order valence-corrected chi connectivity index (χ0v) is 15.1. The van der Waals surface area contributed by atoms with Gasteiger partial charge in [0.2, 0.25) is 0 Å². The van der Waals surface area contributed by atoms with Gasteiger partial charge in [0.05, 0.1) is 16.8 Å². The Morgan fingerprint density at radius 3 is 2.46 bits per heavy atom. The van der Waals surface area contributed by atoms with Gasteiger partial charge < -0.3 is 0 Å². The van der Waals surface area contributed by atoms with Gasteiger partial charge in [-0.2, -0.15) is 0 Å². The standard InChI is InChI=1S/C24H24N2/c1-2-8-14-24(13-7-1)16-19-10-3-5-11-21(19)23(26-24)20-15-18-9-4-6-12-22(18)25-17-20/h3-6,9-12,15,17H,1-2,7-8,13-14,16H2. The van der Waals surface area contributed by atoms with Crippen LogP contribution in [0.4, 0.5) is 0 Å². The maximum absolute atomic E-state index is 5.43. The molecule has 1 aromatic heterocycles. The molecule has 2 aromatic carbocycles. The predicted molar refractivity (Wildman–Crippen MR) is 108 cm³/mol. The van der Waals surface area contributed by atoms with E-state index in [0.717, 1.165) is 23.2 Å². The fourth-order valence-corrected chi connectivity index (χ4v) is 4.69. The molecule has 2 heteroatoms. The van der Waals surface area contributed by atoms with Crippen LogP contribution >= 0.6 is 0 Å². The monoisotopic (exact) mass is 340 g/mol. The van der Waals surface area contributed by atoms with Crippen molar-refractivity contribution in [3.63, 3.8) is 0 Å². The highest BCUT2D eigenvalue weighted by molar-refractivity contribution is 6.15. The summed E-state index contributed by atoms with van der Waals surface area (Å²) in [6, 6.07) is 19.4. The van der Waals surface area contributed by atoms with Gasteiger partial charge in [0.1, 0.15) is 0 Å². The number of rotatable bonds is 1. The van der Waals surface area contributed by atoms with E-state index in [-0.39, 0.29) is 5.54 Å². The topological polar surface area (TPSA) is 25.2 Å². The fourth-order valence-electron chi connectivity index (χ4n) is 4.69. The zero-order chi connectivity index (χ0) is 17.4. The second-order valence-electron chi connectivity index (χ2n) is 7.85. The lowest BCUT2D eigenvalue weighted by molar-refractivity contribution is 0.368. The average Bonchev–Trinajstić information content (AvgIpc) is 2.92. The number of benzene rings is 2. The molecule has 130 valence electrons. The molecule has 0 atom stereocenters.